The van der Waals surface area contributed by atoms with Gasteiger partial charge in [-0.05, 0) is 50.5 Å². The summed E-state index contributed by atoms with van der Waals surface area (Å²) in [7, 11) is -3.66. The molecule has 0 saturated heterocycles. The first kappa shape index (κ1) is 31.8. The number of anilines is 1. The van der Waals surface area contributed by atoms with Crippen molar-refractivity contribution in [1.29, 1.82) is 0 Å². The molecule has 2 aromatic carbocycles. The van der Waals surface area contributed by atoms with E-state index in [-0.39, 0.29) is 43.8 Å². The number of hydrogen-bond acceptors (Lipinski definition) is 6. The molecule has 9 nitrogen and oxygen atoms in total. The van der Waals surface area contributed by atoms with Gasteiger partial charge in [-0.15, -0.1) is 0 Å². The quantitative estimate of drug-likeness (QED) is 0.339. The van der Waals surface area contributed by atoms with Crippen LogP contribution in [-0.2, 0) is 26.2 Å². The van der Waals surface area contributed by atoms with E-state index in [0.29, 0.717) is 52.4 Å². The van der Waals surface area contributed by atoms with Crippen LogP contribution >= 0.6 is 23.2 Å². The van der Waals surface area contributed by atoms with Gasteiger partial charge < -0.3 is 19.7 Å². The molecule has 0 saturated carbocycles. The molecule has 2 aromatic rings. The minimum atomic E-state index is -3.66. The first-order valence-electron chi connectivity index (χ1n) is 13.4. The molecule has 0 bridgehead atoms. The number of carbonyl (C=O) groups excluding carboxylic acids is 2. The molecule has 220 valence electrons. The van der Waals surface area contributed by atoms with E-state index in [1.54, 1.807) is 36.4 Å². The Balaban J connectivity index is 1.81. The Morgan fingerprint density at radius 2 is 1.68 bits per heavy atom. The smallest absolute Gasteiger partial charge is 0.243 e. The van der Waals surface area contributed by atoms with Gasteiger partial charge in [-0.1, -0.05) is 43.1 Å². The summed E-state index contributed by atoms with van der Waals surface area (Å²) in [6, 6.07) is 9.21. The lowest BCUT2D eigenvalue weighted by Crippen LogP contribution is -2.50. The van der Waals surface area contributed by atoms with Crippen LogP contribution in [0.25, 0.3) is 0 Å². The van der Waals surface area contributed by atoms with Crippen LogP contribution in [0.5, 0.6) is 11.5 Å². The Labute approximate surface area is 246 Å². The van der Waals surface area contributed by atoms with Crippen molar-refractivity contribution in [2.75, 3.05) is 30.3 Å². The van der Waals surface area contributed by atoms with Crippen molar-refractivity contribution < 1.29 is 27.5 Å². The highest BCUT2D eigenvalue weighted by Gasteiger charge is 2.30. The predicted octanol–water partition coefficient (Wildman–Crippen LogP) is 5.03. The standard InChI is InChI=1S/C28H37Cl2N3O6S/c1-5-19(3)31-28(35)24(6-2)32(18-21-22(29)9-7-10-23(21)30)27(34)11-8-14-33(40(4,36)37)20-12-13-25-26(17-20)39-16-15-38-25/h7,9-10,12-13,17,19,24H,5-6,8,11,14-16,18H2,1-4H3,(H,31,35)/t19-,24+/m0/s1. The van der Waals surface area contributed by atoms with Gasteiger partial charge in [0.1, 0.15) is 19.3 Å². The van der Waals surface area contributed by atoms with Crippen molar-refractivity contribution in [1.82, 2.24) is 10.2 Å². The number of halogens is 2. The highest BCUT2D eigenvalue weighted by molar-refractivity contribution is 7.92. The Hall–Kier alpha value is -2.69. The summed E-state index contributed by atoms with van der Waals surface area (Å²) >= 11 is 12.8. The first-order valence-corrected chi connectivity index (χ1v) is 16.0. The fraction of sp³-hybridized carbons (Fsp3) is 0.500. The maximum Gasteiger partial charge on any atom is 0.243 e. The Kier molecular flexibility index (Phi) is 11.4. The van der Waals surface area contributed by atoms with E-state index in [9.17, 15) is 18.0 Å². The maximum atomic E-state index is 13.6. The van der Waals surface area contributed by atoms with Crippen LogP contribution in [0.4, 0.5) is 5.69 Å². The van der Waals surface area contributed by atoms with E-state index < -0.39 is 16.1 Å². The molecule has 1 aliphatic heterocycles. The molecule has 1 aliphatic rings. The zero-order chi connectivity index (χ0) is 29.4. The molecule has 2 amide bonds. The molecule has 12 heteroatoms. The monoisotopic (exact) mass is 613 g/mol. The number of rotatable bonds is 13. The number of amides is 2. The third kappa shape index (κ3) is 8.17. The summed E-state index contributed by atoms with van der Waals surface area (Å²) in [6.45, 7) is 6.60. The largest absolute Gasteiger partial charge is 0.486 e. The van der Waals surface area contributed by atoms with Gasteiger partial charge in [0.05, 0.1) is 11.9 Å². The molecule has 0 aromatic heterocycles. The summed E-state index contributed by atoms with van der Waals surface area (Å²) in [5.41, 5.74) is 0.960. The van der Waals surface area contributed by atoms with Gasteiger partial charge in [0.25, 0.3) is 0 Å². The Morgan fingerprint density at radius 1 is 1.02 bits per heavy atom. The average molecular weight is 615 g/mol. The van der Waals surface area contributed by atoms with Crippen molar-refractivity contribution in [3.63, 3.8) is 0 Å². The van der Waals surface area contributed by atoms with Gasteiger partial charge in [0.2, 0.25) is 21.8 Å². The number of fused-ring (bicyclic) bond motifs is 1. The summed E-state index contributed by atoms with van der Waals surface area (Å²) in [5.74, 6) is 0.448. The molecular weight excluding hydrogens is 577 g/mol. The van der Waals surface area contributed by atoms with E-state index in [1.807, 2.05) is 20.8 Å². The maximum absolute atomic E-state index is 13.6. The van der Waals surface area contributed by atoms with Crippen LogP contribution in [0.1, 0.15) is 52.0 Å². The summed E-state index contributed by atoms with van der Waals surface area (Å²) in [4.78, 5) is 28.3. The van der Waals surface area contributed by atoms with Crippen molar-refractivity contribution >= 4 is 50.7 Å². The zero-order valence-corrected chi connectivity index (χ0v) is 25.6. The second kappa shape index (κ2) is 14.3. The molecule has 1 heterocycles. The number of nitrogens with one attached hydrogen (secondary N) is 1. The van der Waals surface area contributed by atoms with Crippen LogP contribution in [0.15, 0.2) is 36.4 Å². The molecular formula is C28H37Cl2N3O6S. The molecule has 1 N–H and O–H groups in total. The van der Waals surface area contributed by atoms with Crippen LogP contribution < -0.4 is 19.1 Å². The SMILES string of the molecule is CC[C@H](C(=O)N[C@@H](C)CC)N(Cc1c(Cl)cccc1Cl)C(=O)CCCN(c1ccc2c(c1)OCCO2)S(C)(=O)=O. The fourth-order valence-electron chi connectivity index (χ4n) is 4.41. The lowest BCUT2D eigenvalue weighted by Gasteiger charge is -2.32. The molecule has 0 fully saturated rings. The van der Waals surface area contributed by atoms with E-state index in [0.717, 1.165) is 12.7 Å². The van der Waals surface area contributed by atoms with Gasteiger partial charge in [0.15, 0.2) is 11.5 Å². The zero-order valence-electron chi connectivity index (χ0n) is 23.3. The Morgan fingerprint density at radius 3 is 2.27 bits per heavy atom. The highest BCUT2D eigenvalue weighted by atomic mass is 35.5. The number of sulfonamides is 1. The number of nitrogens with zero attached hydrogens (tertiary/aromatic N) is 2. The lowest BCUT2D eigenvalue weighted by molar-refractivity contribution is -0.141. The van der Waals surface area contributed by atoms with Crippen molar-refractivity contribution in [3.8, 4) is 11.5 Å². The third-order valence-corrected chi connectivity index (χ3v) is 8.65. The lowest BCUT2D eigenvalue weighted by atomic mass is 10.1. The summed E-state index contributed by atoms with van der Waals surface area (Å²) in [6.07, 6.45) is 2.46. The molecule has 0 radical (unpaired) electrons. The van der Waals surface area contributed by atoms with E-state index >= 15 is 0 Å². The Bertz CT molecular complexity index is 1290. The first-order chi connectivity index (χ1) is 19.0. The van der Waals surface area contributed by atoms with Crippen molar-refractivity contribution in [2.24, 2.45) is 0 Å². The molecule has 3 rings (SSSR count). The third-order valence-electron chi connectivity index (χ3n) is 6.74. The van der Waals surface area contributed by atoms with Gasteiger partial charge in [-0.25, -0.2) is 8.42 Å². The van der Waals surface area contributed by atoms with Crippen LogP contribution in [0.3, 0.4) is 0 Å². The number of carbonyl (C=O) groups is 2. The molecule has 0 spiro atoms. The van der Waals surface area contributed by atoms with Gasteiger partial charge in [-0.3, -0.25) is 13.9 Å². The van der Waals surface area contributed by atoms with Gasteiger partial charge in [0, 0.05) is 47.2 Å². The molecule has 40 heavy (non-hydrogen) atoms. The topological polar surface area (TPSA) is 105 Å². The average Bonchev–Trinajstić information content (AvgIpc) is 2.91. The second-order valence-electron chi connectivity index (χ2n) is 9.73. The summed E-state index contributed by atoms with van der Waals surface area (Å²) in [5, 5.41) is 3.75. The minimum absolute atomic E-state index is 0.00571. The van der Waals surface area contributed by atoms with Crippen LogP contribution in [0.2, 0.25) is 10.0 Å². The van der Waals surface area contributed by atoms with Gasteiger partial charge >= 0.3 is 0 Å². The molecule has 2 atom stereocenters. The van der Waals surface area contributed by atoms with Crippen LogP contribution in [0, 0.1) is 0 Å². The van der Waals surface area contributed by atoms with E-state index in [2.05, 4.69) is 5.32 Å². The van der Waals surface area contributed by atoms with Crippen molar-refractivity contribution in [3.05, 3.63) is 52.0 Å². The van der Waals surface area contributed by atoms with Crippen molar-refractivity contribution in [2.45, 2.75) is 65.1 Å². The highest BCUT2D eigenvalue weighted by Crippen LogP contribution is 2.35. The fourth-order valence-corrected chi connectivity index (χ4v) is 5.88. The summed E-state index contributed by atoms with van der Waals surface area (Å²) < 4.78 is 37.7. The second-order valence-corrected chi connectivity index (χ2v) is 12.5. The van der Waals surface area contributed by atoms with E-state index in [1.165, 1.54) is 9.21 Å². The van der Waals surface area contributed by atoms with Crippen LogP contribution in [-0.4, -0.2) is 63.2 Å². The molecule has 0 unspecified atom stereocenters. The molecule has 0 aliphatic carbocycles. The van der Waals surface area contributed by atoms with E-state index in [4.69, 9.17) is 32.7 Å². The van der Waals surface area contributed by atoms with Gasteiger partial charge in [-0.2, -0.15) is 0 Å². The minimum Gasteiger partial charge on any atom is -0.486 e. The number of ether oxygens (including phenoxy) is 2. The normalized spacial score (nSPS) is 14.2. The number of benzene rings is 2. The predicted molar refractivity (Wildman–Crippen MR) is 158 cm³/mol. The number of hydrogen-bond donors (Lipinski definition) is 1.